The first-order chi connectivity index (χ1) is 16.0. The van der Waals surface area contributed by atoms with Crippen LogP contribution in [0.3, 0.4) is 0 Å². The highest BCUT2D eigenvalue weighted by molar-refractivity contribution is 6.32. The molecule has 1 saturated carbocycles. The summed E-state index contributed by atoms with van der Waals surface area (Å²) in [6, 6.07) is 6.01. The van der Waals surface area contributed by atoms with Crippen molar-refractivity contribution in [1.82, 2.24) is 9.88 Å². The summed E-state index contributed by atoms with van der Waals surface area (Å²) in [4.78, 5) is 19.4. The number of primary amides is 1. The Bertz CT molecular complexity index is 1130. The maximum atomic E-state index is 12.5. The largest absolute Gasteiger partial charge is 0.390 e. The van der Waals surface area contributed by atoms with Crippen molar-refractivity contribution in [3.05, 3.63) is 40.7 Å². The van der Waals surface area contributed by atoms with Crippen molar-refractivity contribution >= 4 is 28.3 Å². The lowest BCUT2D eigenvalue weighted by Crippen LogP contribution is -2.56. The van der Waals surface area contributed by atoms with Gasteiger partial charge in [-0.3, -0.25) is 14.7 Å². The van der Waals surface area contributed by atoms with Crippen LogP contribution in [0.5, 0.6) is 0 Å². The number of aliphatic hydroxyl groups excluding tert-OH is 1. The Labute approximate surface area is 205 Å². The normalized spacial score (nSPS) is 32.9. The van der Waals surface area contributed by atoms with Crippen LogP contribution >= 0.6 is 11.6 Å². The van der Waals surface area contributed by atoms with Gasteiger partial charge in [0.05, 0.1) is 41.6 Å². The van der Waals surface area contributed by atoms with Gasteiger partial charge in [-0.15, -0.1) is 0 Å². The molecule has 0 spiro atoms. The molecule has 7 nitrogen and oxygen atoms in total. The molecule has 2 saturated heterocycles. The van der Waals surface area contributed by atoms with Gasteiger partial charge in [-0.25, -0.2) is 0 Å². The molecule has 4 N–H and O–H groups in total. The third kappa shape index (κ3) is 3.73. The summed E-state index contributed by atoms with van der Waals surface area (Å²) >= 11 is 6.72. The zero-order valence-corrected chi connectivity index (χ0v) is 20.8. The Morgan fingerprint density at radius 1 is 1.26 bits per heavy atom. The molecule has 0 radical (unpaired) electrons. The number of aromatic nitrogens is 1. The number of amides is 1. The smallest absolute Gasteiger partial charge is 0.230 e. The molecule has 4 atom stereocenters. The third-order valence-electron chi connectivity index (χ3n) is 8.59. The van der Waals surface area contributed by atoms with E-state index >= 15 is 0 Å². The number of fused-ring (bicyclic) bond motifs is 1. The molecule has 2 aromatic rings. The van der Waals surface area contributed by atoms with Gasteiger partial charge < -0.3 is 20.7 Å². The van der Waals surface area contributed by atoms with Gasteiger partial charge in [-0.2, -0.15) is 0 Å². The summed E-state index contributed by atoms with van der Waals surface area (Å²) in [6.45, 7) is 8.19. The first kappa shape index (κ1) is 23.9. The zero-order chi connectivity index (χ0) is 24.5. The molecule has 3 heterocycles. The predicted octanol–water partition coefficient (Wildman–Crippen LogP) is 2.73. The van der Waals surface area contributed by atoms with Crippen LogP contribution in [0.2, 0.25) is 5.02 Å². The van der Waals surface area contributed by atoms with Crippen LogP contribution < -0.4 is 5.73 Å². The minimum absolute atomic E-state index is 0.255. The summed E-state index contributed by atoms with van der Waals surface area (Å²) in [5.74, 6) is -0.391. The molecule has 1 aromatic heterocycles. The molecule has 5 rings (SSSR count). The highest BCUT2D eigenvalue weighted by Crippen LogP contribution is 2.58. The number of likely N-dealkylation sites (tertiary alicyclic amines) is 1. The van der Waals surface area contributed by atoms with Crippen LogP contribution in [0.1, 0.15) is 57.2 Å². The van der Waals surface area contributed by atoms with Crippen LogP contribution in [0.4, 0.5) is 0 Å². The Kier molecular flexibility index (Phi) is 5.73. The van der Waals surface area contributed by atoms with E-state index in [1.807, 2.05) is 12.1 Å². The number of pyridine rings is 1. The van der Waals surface area contributed by atoms with E-state index in [-0.39, 0.29) is 11.5 Å². The number of hydrogen-bond donors (Lipinski definition) is 3. The monoisotopic (exact) mass is 487 g/mol. The van der Waals surface area contributed by atoms with Gasteiger partial charge in [0.15, 0.2) is 0 Å². The van der Waals surface area contributed by atoms with E-state index in [1.165, 1.54) is 0 Å². The Morgan fingerprint density at radius 3 is 2.53 bits per heavy atom. The number of halogens is 1. The number of aliphatic hydroxyl groups is 2. The summed E-state index contributed by atoms with van der Waals surface area (Å²) in [7, 11) is 0. The van der Waals surface area contributed by atoms with Gasteiger partial charge in [0.25, 0.3) is 0 Å². The molecule has 4 unspecified atom stereocenters. The summed E-state index contributed by atoms with van der Waals surface area (Å²) in [6.07, 6.45) is 3.66. The number of nitrogens with two attached hydrogens (primary N) is 1. The van der Waals surface area contributed by atoms with Gasteiger partial charge in [-0.05, 0) is 88.2 Å². The second-order valence-corrected chi connectivity index (χ2v) is 11.6. The van der Waals surface area contributed by atoms with E-state index in [2.05, 4.69) is 22.9 Å². The van der Waals surface area contributed by atoms with Crippen molar-refractivity contribution in [3.8, 4) is 0 Å². The lowest BCUT2D eigenvalue weighted by atomic mass is 9.84. The van der Waals surface area contributed by atoms with Gasteiger partial charge in [0.2, 0.25) is 5.91 Å². The Balaban J connectivity index is 1.42. The average Bonchev–Trinajstić information content (AvgIpc) is 3.48. The van der Waals surface area contributed by atoms with Gasteiger partial charge in [0.1, 0.15) is 0 Å². The van der Waals surface area contributed by atoms with Gasteiger partial charge in [-0.1, -0.05) is 11.6 Å². The van der Waals surface area contributed by atoms with E-state index in [4.69, 9.17) is 22.1 Å². The summed E-state index contributed by atoms with van der Waals surface area (Å²) < 4.78 is 5.53. The Hall–Kier alpha value is -1.77. The maximum absolute atomic E-state index is 12.5. The quantitative estimate of drug-likeness (QED) is 0.598. The molecule has 1 aromatic carbocycles. The molecule has 3 fully saturated rings. The Morgan fingerprint density at radius 2 is 1.97 bits per heavy atom. The summed E-state index contributed by atoms with van der Waals surface area (Å²) in [5.41, 5.74) is 5.25. The van der Waals surface area contributed by atoms with E-state index in [9.17, 15) is 15.0 Å². The zero-order valence-electron chi connectivity index (χ0n) is 20.1. The number of piperidine rings is 1. The SMILES string of the molecule is CC(C)(O)C1CC1(C(N)=O)c1cc2cc(C3CCN(C4(C)COCC4O)CC3)c(Cl)cc2cn1. The molecule has 1 aliphatic carbocycles. The molecule has 0 bridgehead atoms. The number of carbonyl (C=O) groups excluding carboxylic acids is 1. The third-order valence-corrected chi connectivity index (χ3v) is 8.92. The van der Waals surface area contributed by atoms with Crippen molar-refractivity contribution in [2.45, 2.75) is 68.6 Å². The number of benzene rings is 1. The lowest BCUT2D eigenvalue weighted by molar-refractivity contribution is -0.121. The van der Waals surface area contributed by atoms with Crippen molar-refractivity contribution in [2.75, 3.05) is 26.3 Å². The standard InChI is InChI=1S/C26H34ClN3O4/c1-24(2,33)20-11-26(20,23(28)32)21-10-16-8-18(19(27)9-17(16)12-29-21)15-4-6-30(7-5-15)25(3)14-34-13-22(25)31/h8-10,12,15,20,22,31,33H,4-7,11,13-14H2,1-3H3,(H2,28,32). The van der Waals surface area contributed by atoms with Crippen LogP contribution in [-0.4, -0.2) is 69.6 Å². The van der Waals surface area contributed by atoms with Crippen LogP contribution in [0.15, 0.2) is 24.4 Å². The highest BCUT2D eigenvalue weighted by atomic mass is 35.5. The molecule has 184 valence electrons. The van der Waals surface area contributed by atoms with Crippen molar-refractivity contribution in [1.29, 1.82) is 0 Å². The number of carbonyl (C=O) groups is 1. The fourth-order valence-electron chi connectivity index (χ4n) is 6.19. The second-order valence-electron chi connectivity index (χ2n) is 11.2. The molecular weight excluding hydrogens is 454 g/mol. The molecule has 34 heavy (non-hydrogen) atoms. The predicted molar refractivity (Wildman–Crippen MR) is 131 cm³/mol. The number of rotatable bonds is 5. The molecule has 3 aliphatic rings. The number of hydrogen-bond acceptors (Lipinski definition) is 6. The van der Waals surface area contributed by atoms with Crippen molar-refractivity contribution < 1.29 is 19.7 Å². The fraction of sp³-hybridized carbons (Fsp3) is 0.615. The lowest BCUT2D eigenvalue weighted by Gasteiger charge is -2.43. The average molecular weight is 488 g/mol. The molecular formula is C26H34ClN3O4. The van der Waals surface area contributed by atoms with E-state index in [0.717, 1.165) is 47.3 Å². The van der Waals surface area contributed by atoms with Crippen molar-refractivity contribution in [3.63, 3.8) is 0 Å². The van der Waals surface area contributed by atoms with Crippen molar-refractivity contribution in [2.24, 2.45) is 11.7 Å². The van der Waals surface area contributed by atoms with Gasteiger partial charge in [0, 0.05) is 22.5 Å². The first-order valence-corrected chi connectivity index (χ1v) is 12.5. The minimum Gasteiger partial charge on any atom is -0.390 e. The second kappa shape index (κ2) is 8.14. The number of ether oxygens (including phenoxy) is 1. The van der Waals surface area contributed by atoms with Gasteiger partial charge >= 0.3 is 0 Å². The topological polar surface area (TPSA) is 109 Å². The van der Waals surface area contributed by atoms with Crippen LogP contribution in [0, 0.1) is 5.92 Å². The summed E-state index contributed by atoms with van der Waals surface area (Å²) in [5, 5.41) is 23.5. The van der Waals surface area contributed by atoms with Crippen LogP contribution in [-0.2, 0) is 14.9 Å². The minimum atomic E-state index is -1.01. The molecule has 8 heteroatoms. The first-order valence-electron chi connectivity index (χ1n) is 12.1. The van der Waals surface area contributed by atoms with E-state index < -0.39 is 23.0 Å². The number of nitrogens with zero attached hydrogens (tertiary/aromatic N) is 2. The maximum Gasteiger partial charge on any atom is 0.230 e. The fourth-order valence-corrected chi connectivity index (χ4v) is 6.52. The van der Waals surface area contributed by atoms with E-state index in [1.54, 1.807) is 20.0 Å². The molecule has 2 aliphatic heterocycles. The molecule has 1 amide bonds. The highest BCUT2D eigenvalue weighted by Gasteiger charge is 2.66. The van der Waals surface area contributed by atoms with E-state index in [0.29, 0.717) is 31.2 Å². The van der Waals surface area contributed by atoms with Crippen LogP contribution in [0.25, 0.3) is 10.8 Å².